The van der Waals surface area contributed by atoms with Crippen molar-refractivity contribution < 1.29 is 13.8 Å². The van der Waals surface area contributed by atoms with Gasteiger partial charge in [-0.25, -0.2) is 0 Å². The van der Waals surface area contributed by atoms with Crippen LogP contribution in [-0.4, -0.2) is 23.9 Å². The van der Waals surface area contributed by atoms with E-state index >= 15 is 0 Å². The van der Waals surface area contributed by atoms with Crippen LogP contribution in [0.5, 0.6) is 0 Å². The summed E-state index contributed by atoms with van der Waals surface area (Å²) in [6.45, 7) is 2.36. The highest BCUT2D eigenvalue weighted by Gasteiger charge is 2.28. The van der Waals surface area contributed by atoms with Crippen LogP contribution in [0.25, 0.3) is 0 Å². The van der Waals surface area contributed by atoms with E-state index < -0.39 is 8.03 Å². The number of rotatable bonds is 4. The molecule has 0 spiro atoms. The maximum atomic E-state index is 11.3. The number of halogens is 1. The Bertz CT molecular complexity index is 165. The van der Waals surface area contributed by atoms with Gasteiger partial charge in [0.05, 0.1) is 12.7 Å². The lowest BCUT2D eigenvalue weighted by atomic mass is 10.3. The van der Waals surface area contributed by atoms with Gasteiger partial charge in [-0.1, -0.05) is 15.9 Å². The molecule has 1 heterocycles. The second-order valence-electron chi connectivity index (χ2n) is 2.73. The topological polar surface area (TPSA) is 35.5 Å². The smallest absolute Gasteiger partial charge is 0.219 e. The van der Waals surface area contributed by atoms with Gasteiger partial charge in [0.1, 0.15) is 5.85 Å². The highest BCUT2D eigenvalue weighted by Crippen LogP contribution is 2.39. The van der Waals surface area contributed by atoms with Crippen molar-refractivity contribution >= 4 is 24.0 Å². The SMILES string of the molecule is CCO[PH](=O)C1CCC(CBr)O1. The zero-order valence-electron chi connectivity index (χ0n) is 7.09. The second-order valence-corrected chi connectivity index (χ2v) is 4.95. The van der Waals surface area contributed by atoms with E-state index in [1.165, 1.54) is 0 Å². The van der Waals surface area contributed by atoms with Gasteiger partial charge in [0, 0.05) is 5.33 Å². The fraction of sp³-hybridized carbons (Fsp3) is 1.00. The van der Waals surface area contributed by atoms with E-state index in [1.807, 2.05) is 6.92 Å². The van der Waals surface area contributed by atoms with Gasteiger partial charge in [0.2, 0.25) is 8.03 Å². The molecule has 0 aromatic carbocycles. The molecule has 5 heteroatoms. The van der Waals surface area contributed by atoms with E-state index in [0.717, 1.165) is 18.2 Å². The third kappa shape index (κ3) is 2.84. The lowest BCUT2D eigenvalue weighted by Crippen LogP contribution is -2.09. The molecule has 0 N–H and O–H groups in total. The van der Waals surface area contributed by atoms with Crippen LogP contribution in [-0.2, 0) is 13.8 Å². The molecule has 1 fully saturated rings. The van der Waals surface area contributed by atoms with Crippen molar-refractivity contribution in [2.75, 3.05) is 11.9 Å². The van der Waals surface area contributed by atoms with Crippen LogP contribution in [0.15, 0.2) is 0 Å². The average molecular weight is 257 g/mol. The molecule has 0 radical (unpaired) electrons. The van der Waals surface area contributed by atoms with Crippen LogP contribution >= 0.6 is 24.0 Å². The Balaban J connectivity index is 2.31. The number of hydrogen-bond acceptors (Lipinski definition) is 3. The average Bonchev–Trinajstić information content (AvgIpc) is 2.52. The summed E-state index contributed by atoms with van der Waals surface area (Å²) in [6.07, 6.45) is 2.08. The van der Waals surface area contributed by atoms with Gasteiger partial charge in [0.25, 0.3) is 0 Å². The molecule has 0 bridgehead atoms. The third-order valence-corrected chi connectivity index (χ3v) is 4.08. The lowest BCUT2D eigenvalue weighted by molar-refractivity contribution is 0.0961. The Morgan fingerprint density at radius 2 is 2.42 bits per heavy atom. The molecule has 1 aliphatic heterocycles. The molecule has 1 saturated heterocycles. The second kappa shape index (κ2) is 5.38. The first-order valence-corrected chi connectivity index (χ1v) is 6.67. The van der Waals surface area contributed by atoms with Crippen molar-refractivity contribution in [1.82, 2.24) is 0 Å². The lowest BCUT2D eigenvalue weighted by Gasteiger charge is -2.10. The first-order chi connectivity index (χ1) is 5.77. The van der Waals surface area contributed by atoms with Crippen molar-refractivity contribution in [2.24, 2.45) is 0 Å². The fourth-order valence-electron chi connectivity index (χ4n) is 1.23. The number of alkyl halides is 1. The first-order valence-electron chi connectivity index (χ1n) is 4.16. The van der Waals surface area contributed by atoms with Gasteiger partial charge in [-0.3, -0.25) is 4.57 Å². The Morgan fingerprint density at radius 3 is 2.92 bits per heavy atom. The quantitative estimate of drug-likeness (QED) is 0.573. The van der Waals surface area contributed by atoms with E-state index in [1.54, 1.807) is 0 Å². The molecule has 1 aliphatic rings. The summed E-state index contributed by atoms with van der Waals surface area (Å²) >= 11 is 3.34. The Morgan fingerprint density at radius 1 is 1.67 bits per heavy atom. The van der Waals surface area contributed by atoms with E-state index in [9.17, 15) is 4.57 Å². The van der Waals surface area contributed by atoms with Crippen LogP contribution in [0.4, 0.5) is 0 Å². The molecule has 3 nitrogen and oxygen atoms in total. The van der Waals surface area contributed by atoms with Gasteiger partial charge in [-0.05, 0) is 19.8 Å². The first kappa shape index (κ1) is 10.7. The monoisotopic (exact) mass is 256 g/mol. The van der Waals surface area contributed by atoms with Crippen LogP contribution in [0.3, 0.4) is 0 Å². The molecule has 72 valence electrons. The van der Waals surface area contributed by atoms with Crippen molar-refractivity contribution in [3.8, 4) is 0 Å². The molecule has 0 amide bonds. The molecular weight excluding hydrogens is 243 g/mol. The van der Waals surface area contributed by atoms with Crippen LogP contribution < -0.4 is 0 Å². The normalized spacial score (nSPS) is 32.2. The van der Waals surface area contributed by atoms with Crippen molar-refractivity contribution in [1.29, 1.82) is 0 Å². The summed E-state index contributed by atoms with van der Waals surface area (Å²) in [5.41, 5.74) is 0. The molecule has 1 rings (SSSR count). The third-order valence-electron chi connectivity index (χ3n) is 1.83. The maximum absolute atomic E-state index is 11.3. The number of ether oxygens (including phenoxy) is 1. The van der Waals surface area contributed by atoms with E-state index in [-0.39, 0.29) is 11.9 Å². The van der Waals surface area contributed by atoms with Crippen LogP contribution in [0.1, 0.15) is 19.8 Å². The van der Waals surface area contributed by atoms with Crippen molar-refractivity contribution in [2.45, 2.75) is 31.7 Å². The summed E-state index contributed by atoms with van der Waals surface area (Å²) in [4.78, 5) is 0. The Hall–Kier alpha value is 0.630. The molecule has 12 heavy (non-hydrogen) atoms. The predicted octanol–water partition coefficient (Wildman–Crippen LogP) is 2.40. The van der Waals surface area contributed by atoms with Crippen molar-refractivity contribution in [3.05, 3.63) is 0 Å². The zero-order valence-corrected chi connectivity index (χ0v) is 9.67. The zero-order chi connectivity index (χ0) is 8.97. The Labute approximate surface area is 81.8 Å². The van der Waals surface area contributed by atoms with Gasteiger partial charge < -0.3 is 9.26 Å². The van der Waals surface area contributed by atoms with E-state index in [2.05, 4.69) is 15.9 Å². The highest BCUT2D eigenvalue weighted by molar-refractivity contribution is 9.09. The summed E-state index contributed by atoms with van der Waals surface area (Å²) in [5, 5.41) is 0.824. The fourth-order valence-corrected chi connectivity index (χ4v) is 2.88. The van der Waals surface area contributed by atoms with Crippen LogP contribution in [0, 0.1) is 0 Å². The Kier molecular flexibility index (Phi) is 4.80. The molecule has 3 unspecified atom stereocenters. The maximum Gasteiger partial charge on any atom is 0.219 e. The van der Waals surface area contributed by atoms with Gasteiger partial charge >= 0.3 is 0 Å². The minimum Gasteiger partial charge on any atom is -0.364 e. The van der Waals surface area contributed by atoms with E-state index in [4.69, 9.17) is 9.26 Å². The largest absolute Gasteiger partial charge is 0.364 e. The van der Waals surface area contributed by atoms with Gasteiger partial charge in [-0.2, -0.15) is 0 Å². The van der Waals surface area contributed by atoms with Gasteiger partial charge in [-0.15, -0.1) is 0 Å². The highest BCUT2D eigenvalue weighted by atomic mass is 79.9. The van der Waals surface area contributed by atoms with Crippen molar-refractivity contribution in [3.63, 3.8) is 0 Å². The molecule has 0 aliphatic carbocycles. The molecule has 3 atom stereocenters. The predicted molar refractivity (Wildman–Crippen MR) is 52.3 cm³/mol. The standard InChI is InChI=1S/C7H14BrO3P/c1-2-10-12(9)7-4-3-6(5-8)11-7/h6-7,12H,2-5H2,1H3. The molecule has 0 aromatic heterocycles. The minimum atomic E-state index is -1.95. The summed E-state index contributed by atoms with van der Waals surface area (Å²) in [5.74, 6) is -0.141. The number of hydrogen-bond donors (Lipinski definition) is 0. The summed E-state index contributed by atoms with van der Waals surface area (Å²) in [6, 6.07) is 0. The minimum absolute atomic E-state index is 0.141. The summed E-state index contributed by atoms with van der Waals surface area (Å²) in [7, 11) is -1.95. The molecule has 0 saturated carbocycles. The molecule has 0 aromatic rings. The summed E-state index contributed by atoms with van der Waals surface area (Å²) < 4.78 is 21.8. The molecular formula is C7H14BrO3P. The van der Waals surface area contributed by atoms with E-state index in [0.29, 0.717) is 6.61 Å². The van der Waals surface area contributed by atoms with Gasteiger partial charge in [0.15, 0.2) is 0 Å². The van der Waals surface area contributed by atoms with Crippen LogP contribution in [0.2, 0.25) is 0 Å².